The van der Waals surface area contributed by atoms with Gasteiger partial charge in [0.25, 0.3) is 0 Å². The summed E-state index contributed by atoms with van der Waals surface area (Å²) in [6.07, 6.45) is 0. The van der Waals surface area contributed by atoms with Crippen molar-refractivity contribution in [1.82, 2.24) is 0 Å². The second-order valence-corrected chi connectivity index (χ2v) is 5.76. The van der Waals surface area contributed by atoms with Crippen molar-refractivity contribution in [1.29, 1.82) is 0 Å². The predicted molar refractivity (Wildman–Crippen MR) is 74.8 cm³/mol. The van der Waals surface area contributed by atoms with Crippen molar-refractivity contribution in [2.24, 2.45) is 0 Å². The quantitative estimate of drug-likeness (QED) is 0.722. The van der Waals surface area contributed by atoms with Crippen LogP contribution in [0.4, 0.5) is 0 Å². The Balaban J connectivity index is 0.00000180. The van der Waals surface area contributed by atoms with Gasteiger partial charge >= 0.3 is 5.97 Å². The highest BCUT2D eigenvalue weighted by atomic mass is 35.5. The summed E-state index contributed by atoms with van der Waals surface area (Å²) in [5.74, 6) is -0.331. The van der Waals surface area contributed by atoms with Crippen molar-refractivity contribution in [3.05, 3.63) is 34.2 Å². The minimum Gasteiger partial charge on any atom is -1.00 e. The lowest BCUT2D eigenvalue weighted by Crippen LogP contribution is -3.06. The highest BCUT2D eigenvalue weighted by Crippen LogP contribution is 2.35. The molecule has 1 aromatic carbocycles. The highest BCUT2D eigenvalue weighted by molar-refractivity contribution is 7.21. The van der Waals surface area contributed by atoms with E-state index in [0.29, 0.717) is 16.5 Å². The number of hydrogen-bond acceptors (Lipinski definition) is 3. The van der Waals surface area contributed by atoms with Gasteiger partial charge in [-0.05, 0) is 6.07 Å². The number of nitrogens with one attached hydrogen (secondary N) is 1. The molecule has 2 aromatic rings. The molecule has 1 aromatic heterocycles. The summed E-state index contributed by atoms with van der Waals surface area (Å²) in [6, 6.07) is 7.70. The van der Waals surface area contributed by atoms with E-state index in [0.717, 1.165) is 16.6 Å². The lowest BCUT2D eigenvalue weighted by molar-refractivity contribution is -0.858. The van der Waals surface area contributed by atoms with Crippen LogP contribution in [0.5, 0.6) is 0 Å². The van der Waals surface area contributed by atoms with Crippen LogP contribution in [0.15, 0.2) is 24.3 Å². The van der Waals surface area contributed by atoms with Gasteiger partial charge in [-0.2, -0.15) is 0 Å². The lowest BCUT2D eigenvalue weighted by Gasteiger charge is -2.07. The van der Waals surface area contributed by atoms with Gasteiger partial charge in [0, 0.05) is 10.1 Å². The fraction of sp³-hybridized carbons (Fsp3) is 0.308. The first-order chi connectivity index (χ1) is 8.59. The smallest absolute Gasteiger partial charge is 0.350 e. The zero-order valence-electron chi connectivity index (χ0n) is 10.7. The SMILES string of the molecule is C[NH+](C)CCOC(=O)c1sc2ccccc2c1Cl.[Cl-]. The second kappa shape index (κ2) is 7.10. The molecular weight excluding hydrogens is 305 g/mol. The van der Waals surface area contributed by atoms with E-state index in [-0.39, 0.29) is 18.4 Å². The molecule has 0 radical (unpaired) electrons. The molecule has 0 spiro atoms. The number of ether oxygens (including phenoxy) is 1. The third kappa shape index (κ3) is 3.83. The molecule has 0 bridgehead atoms. The summed E-state index contributed by atoms with van der Waals surface area (Å²) in [4.78, 5) is 13.6. The molecule has 0 aliphatic rings. The molecule has 0 atom stereocenters. The number of carbonyl (C=O) groups excluding carboxylic acids is 1. The normalized spacial score (nSPS) is 10.5. The first-order valence-corrected chi connectivity index (χ1v) is 6.92. The Bertz CT molecular complexity index is 569. The molecule has 1 heterocycles. The molecule has 3 nitrogen and oxygen atoms in total. The zero-order valence-corrected chi connectivity index (χ0v) is 13.0. The second-order valence-electron chi connectivity index (χ2n) is 4.33. The summed E-state index contributed by atoms with van der Waals surface area (Å²) in [7, 11) is 4.03. The third-order valence-electron chi connectivity index (χ3n) is 2.56. The predicted octanol–water partition coefficient (Wildman–Crippen LogP) is -1.14. The van der Waals surface area contributed by atoms with E-state index in [4.69, 9.17) is 16.3 Å². The number of quaternary nitrogens is 1. The molecule has 0 amide bonds. The Morgan fingerprint density at radius 2 is 2.05 bits per heavy atom. The van der Waals surface area contributed by atoms with Crippen LogP contribution in [0.2, 0.25) is 5.02 Å². The Morgan fingerprint density at radius 3 is 2.68 bits per heavy atom. The van der Waals surface area contributed by atoms with Gasteiger partial charge in [-0.3, -0.25) is 0 Å². The van der Waals surface area contributed by atoms with Crippen LogP contribution >= 0.6 is 22.9 Å². The van der Waals surface area contributed by atoms with Crippen molar-refractivity contribution in [2.75, 3.05) is 27.2 Å². The third-order valence-corrected chi connectivity index (χ3v) is 4.21. The summed E-state index contributed by atoms with van der Waals surface area (Å²) in [5.41, 5.74) is 0. The van der Waals surface area contributed by atoms with Crippen molar-refractivity contribution in [3.8, 4) is 0 Å². The van der Waals surface area contributed by atoms with E-state index < -0.39 is 0 Å². The number of thiophene rings is 1. The minimum atomic E-state index is -0.331. The average molecular weight is 320 g/mol. The van der Waals surface area contributed by atoms with Gasteiger partial charge in [0.2, 0.25) is 0 Å². The summed E-state index contributed by atoms with van der Waals surface area (Å²) in [6.45, 7) is 1.19. The Labute approximate surface area is 127 Å². The van der Waals surface area contributed by atoms with Gasteiger partial charge in [-0.25, -0.2) is 4.79 Å². The van der Waals surface area contributed by atoms with Crippen molar-refractivity contribution >= 4 is 39.0 Å². The summed E-state index contributed by atoms with van der Waals surface area (Å²) >= 11 is 7.58. The van der Waals surface area contributed by atoms with Crippen LogP contribution in [-0.4, -0.2) is 33.2 Å². The highest BCUT2D eigenvalue weighted by Gasteiger charge is 2.18. The molecule has 0 saturated carbocycles. The van der Waals surface area contributed by atoms with E-state index in [1.165, 1.54) is 16.2 Å². The van der Waals surface area contributed by atoms with Crippen LogP contribution < -0.4 is 17.3 Å². The van der Waals surface area contributed by atoms with Crippen LogP contribution in [0.1, 0.15) is 9.67 Å². The number of benzene rings is 1. The first-order valence-electron chi connectivity index (χ1n) is 5.73. The number of likely N-dealkylation sites (N-methyl/N-ethyl adjacent to an activating group) is 1. The number of fused-ring (bicyclic) bond motifs is 1. The van der Waals surface area contributed by atoms with Crippen LogP contribution in [0.3, 0.4) is 0 Å². The Morgan fingerprint density at radius 1 is 1.37 bits per heavy atom. The average Bonchev–Trinajstić information content (AvgIpc) is 2.67. The molecule has 19 heavy (non-hydrogen) atoms. The van der Waals surface area contributed by atoms with Crippen LogP contribution in [-0.2, 0) is 4.74 Å². The van der Waals surface area contributed by atoms with Crippen molar-refractivity contribution in [3.63, 3.8) is 0 Å². The van der Waals surface area contributed by atoms with E-state index in [9.17, 15) is 4.79 Å². The molecule has 1 N–H and O–H groups in total. The Hall–Kier alpha value is -0.810. The molecule has 104 valence electrons. The van der Waals surface area contributed by atoms with E-state index >= 15 is 0 Å². The standard InChI is InChI=1S/C13H14ClNO2S.ClH/c1-15(2)7-8-17-13(16)12-11(14)9-5-3-4-6-10(9)18-12;/h3-6H,7-8H2,1-2H3;1H. The van der Waals surface area contributed by atoms with Gasteiger partial charge in [-0.1, -0.05) is 29.8 Å². The number of esters is 1. The molecule has 0 aliphatic heterocycles. The van der Waals surface area contributed by atoms with E-state index in [1.54, 1.807) is 0 Å². The number of hydrogen-bond donors (Lipinski definition) is 1. The maximum absolute atomic E-state index is 11.9. The molecule has 0 unspecified atom stereocenters. The monoisotopic (exact) mass is 319 g/mol. The molecule has 0 saturated heterocycles. The van der Waals surface area contributed by atoms with Gasteiger partial charge < -0.3 is 22.0 Å². The topological polar surface area (TPSA) is 30.7 Å². The number of rotatable bonds is 4. The fourth-order valence-electron chi connectivity index (χ4n) is 1.56. The maximum Gasteiger partial charge on any atom is 0.350 e. The molecule has 0 aliphatic carbocycles. The summed E-state index contributed by atoms with van der Waals surface area (Å²) in [5, 5.41) is 1.41. The number of halogens is 2. The number of carbonyl (C=O) groups is 1. The molecule has 2 rings (SSSR count). The van der Waals surface area contributed by atoms with Crippen molar-refractivity contribution in [2.45, 2.75) is 0 Å². The largest absolute Gasteiger partial charge is 1.00 e. The van der Waals surface area contributed by atoms with E-state index in [2.05, 4.69) is 0 Å². The van der Waals surface area contributed by atoms with Crippen LogP contribution in [0, 0.1) is 0 Å². The van der Waals surface area contributed by atoms with Gasteiger partial charge in [0.1, 0.15) is 18.0 Å². The van der Waals surface area contributed by atoms with Crippen LogP contribution in [0.25, 0.3) is 10.1 Å². The molecular formula is C13H15Cl2NO2S. The van der Waals surface area contributed by atoms with Gasteiger partial charge in [0.15, 0.2) is 0 Å². The van der Waals surface area contributed by atoms with Gasteiger partial charge in [0.05, 0.1) is 19.1 Å². The van der Waals surface area contributed by atoms with Crippen molar-refractivity contribution < 1.29 is 26.8 Å². The van der Waals surface area contributed by atoms with Gasteiger partial charge in [-0.15, -0.1) is 11.3 Å². The zero-order chi connectivity index (χ0) is 13.1. The fourth-order valence-corrected chi connectivity index (χ4v) is 2.96. The summed E-state index contributed by atoms with van der Waals surface area (Å²) < 4.78 is 6.22. The minimum absolute atomic E-state index is 0. The molecule has 6 heteroatoms. The Kier molecular flexibility index (Phi) is 6.07. The van der Waals surface area contributed by atoms with E-state index in [1.807, 2.05) is 38.4 Å². The maximum atomic E-state index is 11.9. The molecule has 0 fully saturated rings. The first kappa shape index (κ1) is 16.2. The lowest BCUT2D eigenvalue weighted by atomic mass is 10.2.